The van der Waals surface area contributed by atoms with Crippen LogP contribution in [0.2, 0.25) is 10.0 Å². The molecular formula is C12H14Cl2O. The molecule has 1 fully saturated rings. The summed E-state index contributed by atoms with van der Waals surface area (Å²) in [6.07, 6.45) is 3.92. The highest BCUT2D eigenvalue weighted by Crippen LogP contribution is 2.32. The van der Waals surface area contributed by atoms with Gasteiger partial charge in [0.15, 0.2) is 0 Å². The second-order valence-corrected chi connectivity index (χ2v) is 5.04. The molecule has 82 valence electrons. The number of aliphatic hydroxyl groups excluding tert-OH is 1. The molecule has 0 amide bonds. The maximum absolute atomic E-state index is 9.92. The minimum Gasteiger partial charge on any atom is -0.392 e. The zero-order valence-corrected chi connectivity index (χ0v) is 9.93. The molecule has 0 bridgehead atoms. The van der Waals surface area contributed by atoms with Gasteiger partial charge in [-0.3, -0.25) is 0 Å². The van der Waals surface area contributed by atoms with Crippen LogP contribution in [0.3, 0.4) is 0 Å². The van der Waals surface area contributed by atoms with Crippen LogP contribution < -0.4 is 0 Å². The van der Waals surface area contributed by atoms with Crippen molar-refractivity contribution in [3.05, 3.63) is 33.8 Å². The van der Waals surface area contributed by atoms with Crippen LogP contribution in [0.4, 0.5) is 0 Å². The van der Waals surface area contributed by atoms with Crippen molar-refractivity contribution in [3.63, 3.8) is 0 Å². The van der Waals surface area contributed by atoms with Crippen molar-refractivity contribution in [3.8, 4) is 0 Å². The summed E-state index contributed by atoms with van der Waals surface area (Å²) in [5.41, 5.74) is 0.987. The molecule has 0 heterocycles. The molecule has 2 rings (SSSR count). The number of hydrogen-bond acceptors (Lipinski definition) is 1. The van der Waals surface area contributed by atoms with Crippen molar-refractivity contribution in [1.29, 1.82) is 0 Å². The summed E-state index contributed by atoms with van der Waals surface area (Å²) < 4.78 is 0. The van der Waals surface area contributed by atoms with E-state index in [0.29, 0.717) is 22.4 Å². The first kappa shape index (κ1) is 11.3. The Labute approximate surface area is 100 Å². The van der Waals surface area contributed by atoms with Crippen LogP contribution in [0.1, 0.15) is 24.8 Å². The van der Waals surface area contributed by atoms with Crippen molar-refractivity contribution in [2.75, 3.05) is 0 Å². The van der Waals surface area contributed by atoms with E-state index < -0.39 is 0 Å². The molecule has 0 aliphatic heterocycles. The van der Waals surface area contributed by atoms with E-state index in [1.807, 2.05) is 12.1 Å². The van der Waals surface area contributed by atoms with Gasteiger partial charge in [-0.25, -0.2) is 0 Å². The van der Waals surface area contributed by atoms with Gasteiger partial charge in [0.05, 0.1) is 6.10 Å². The van der Waals surface area contributed by atoms with Crippen LogP contribution >= 0.6 is 23.2 Å². The van der Waals surface area contributed by atoms with E-state index in [9.17, 15) is 5.11 Å². The highest BCUT2D eigenvalue weighted by atomic mass is 35.5. The second kappa shape index (κ2) is 4.73. The Kier molecular flexibility index (Phi) is 3.55. The van der Waals surface area contributed by atoms with Crippen LogP contribution in [0.15, 0.2) is 18.2 Å². The maximum Gasteiger partial charge on any atom is 0.0609 e. The third-order valence-electron chi connectivity index (χ3n) is 3.14. The smallest absolute Gasteiger partial charge is 0.0609 e. The average Bonchev–Trinajstić information content (AvgIpc) is 2.07. The summed E-state index contributed by atoms with van der Waals surface area (Å²) in [6, 6.07) is 5.44. The molecular weight excluding hydrogens is 231 g/mol. The van der Waals surface area contributed by atoms with Crippen LogP contribution in [-0.2, 0) is 6.42 Å². The fourth-order valence-electron chi connectivity index (χ4n) is 1.90. The highest BCUT2D eigenvalue weighted by molar-refractivity contribution is 6.35. The number of hydrogen-bond donors (Lipinski definition) is 1. The zero-order chi connectivity index (χ0) is 10.8. The highest BCUT2D eigenvalue weighted by Gasteiger charge is 2.25. The van der Waals surface area contributed by atoms with Crippen LogP contribution in [0, 0.1) is 5.92 Å². The van der Waals surface area contributed by atoms with E-state index in [0.717, 1.165) is 18.4 Å². The molecule has 0 saturated heterocycles. The van der Waals surface area contributed by atoms with Crippen LogP contribution in [0.25, 0.3) is 0 Å². The lowest BCUT2D eigenvalue weighted by Gasteiger charge is -2.30. The molecule has 1 aromatic carbocycles. The topological polar surface area (TPSA) is 20.2 Å². The Hall–Kier alpha value is -0.240. The van der Waals surface area contributed by atoms with E-state index in [4.69, 9.17) is 23.2 Å². The summed E-state index contributed by atoms with van der Waals surface area (Å²) in [6.45, 7) is 0. The lowest BCUT2D eigenvalue weighted by atomic mass is 9.79. The lowest BCUT2D eigenvalue weighted by molar-refractivity contribution is 0.0630. The Bertz CT molecular complexity index is 347. The first-order valence-electron chi connectivity index (χ1n) is 5.29. The molecule has 1 aliphatic rings. The molecule has 1 nitrogen and oxygen atoms in total. The predicted octanol–water partition coefficient (Wildman–Crippen LogP) is 3.70. The molecule has 1 N–H and O–H groups in total. The Morgan fingerprint density at radius 1 is 1.33 bits per heavy atom. The van der Waals surface area contributed by atoms with Gasteiger partial charge >= 0.3 is 0 Å². The molecule has 0 radical (unpaired) electrons. The monoisotopic (exact) mass is 244 g/mol. The van der Waals surface area contributed by atoms with Gasteiger partial charge in [0.1, 0.15) is 0 Å². The summed E-state index contributed by atoms with van der Waals surface area (Å²) >= 11 is 11.9. The Morgan fingerprint density at radius 3 is 2.60 bits per heavy atom. The van der Waals surface area contributed by atoms with Crippen LogP contribution in [0.5, 0.6) is 0 Å². The molecule has 3 heteroatoms. The van der Waals surface area contributed by atoms with Crippen LogP contribution in [-0.4, -0.2) is 11.2 Å². The van der Waals surface area contributed by atoms with Crippen molar-refractivity contribution in [2.45, 2.75) is 31.8 Å². The van der Waals surface area contributed by atoms with Gasteiger partial charge in [0, 0.05) is 16.5 Å². The third kappa shape index (κ3) is 2.66. The zero-order valence-electron chi connectivity index (χ0n) is 8.42. The standard InChI is InChI=1S/C12H14Cl2O/c13-10-5-4-9(11(14)7-10)6-12(15)8-2-1-3-8/h4-5,7-8,12,15H,1-3,6H2. The number of benzene rings is 1. The van der Waals surface area contributed by atoms with Gasteiger partial charge < -0.3 is 5.11 Å². The number of rotatable bonds is 3. The SMILES string of the molecule is OC(Cc1ccc(Cl)cc1Cl)C1CCC1. The predicted molar refractivity (Wildman–Crippen MR) is 63.5 cm³/mol. The molecule has 15 heavy (non-hydrogen) atoms. The fourth-order valence-corrected chi connectivity index (χ4v) is 2.39. The quantitative estimate of drug-likeness (QED) is 0.860. The van der Waals surface area contributed by atoms with Gasteiger partial charge in [-0.1, -0.05) is 35.7 Å². The number of aliphatic hydroxyl groups is 1. The van der Waals surface area contributed by atoms with Crippen molar-refractivity contribution >= 4 is 23.2 Å². The first-order chi connectivity index (χ1) is 7.16. The Balaban J connectivity index is 2.03. The van der Waals surface area contributed by atoms with E-state index in [1.165, 1.54) is 6.42 Å². The molecule has 1 unspecified atom stereocenters. The van der Waals surface area contributed by atoms with Crippen molar-refractivity contribution in [1.82, 2.24) is 0 Å². The van der Waals surface area contributed by atoms with E-state index in [-0.39, 0.29) is 6.10 Å². The van der Waals surface area contributed by atoms with Crippen molar-refractivity contribution < 1.29 is 5.11 Å². The summed E-state index contributed by atoms with van der Waals surface area (Å²) in [7, 11) is 0. The molecule has 1 aliphatic carbocycles. The Morgan fingerprint density at radius 2 is 2.07 bits per heavy atom. The summed E-state index contributed by atoms with van der Waals surface area (Å²) in [4.78, 5) is 0. The van der Waals surface area contributed by atoms with E-state index in [1.54, 1.807) is 6.07 Å². The largest absolute Gasteiger partial charge is 0.392 e. The van der Waals surface area contributed by atoms with Gasteiger partial charge in [0.25, 0.3) is 0 Å². The summed E-state index contributed by atoms with van der Waals surface area (Å²) in [5, 5.41) is 11.2. The normalized spacial score (nSPS) is 18.6. The second-order valence-electron chi connectivity index (χ2n) is 4.20. The summed E-state index contributed by atoms with van der Waals surface area (Å²) in [5.74, 6) is 0.469. The van der Waals surface area contributed by atoms with Gasteiger partial charge in [-0.05, 0) is 36.5 Å². The van der Waals surface area contributed by atoms with E-state index in [2.05, 4.69) is 0 Å². The number of halogens is 2. The first-order valence-corrected chi connectivity index (χ1v) is 6.04. The molecule has 1 saturated carbocycles. The van der Waals surface area contributed by atoms with Gasteiger partial charge in [-0.2, -0.15) is 0 Å². The minimum atomic E-state index is -0.252. The molecule has 1 aromatic rings. The van der Waals surface area contributed by atoms with Gasteiger partial charge in [0.2, 0.25) is 0 Å². The fraction of sp³-hybridized carbons (Fsp3) is 0.500. The van der Waals surface area contributed by atoms with Gasteiger partial charge in [-0.15, -0.1) is 0 Å². The minimum absolute atomic E-state index is 0.252. The maximum atomic E-state index is 9.92. The lowest BCUT2D eigenvalue weighted by Crippen LogP contribution is -2.28. The van der Waals surface area contributed by atoms with E-state index >= 15 is 0 Å². The molecule has 0 aromatic heterocycles. The molecule has 1 atom stereocenters. The van der Waals surface area contributed by atoms with Crippen molar-refractivity contribution in [2.24, 2.45) is 5.92 Å². The average molecular weight is 245 g/mol. The third-order valence-corrected chi connectivity index (χ3v) is 3.73. The molecule has 0 spiro atoms.